The Balaban J connectivity index is 1.58. The van der Waals surface area contributed by atoms with Crippen molar-refractivity contribution in [1.29, 1.82) is 0 Å². The molecule has 0 unspecified atom stereocenters. The molecule has 0 spiro atoms. The van der Waals surface area contributed by atoms with Gasteiger partial charge in [0.15, 0.2) is 0 Å². The molecule has 0 fully saturated rings. The predicted octanol–water partition coefficient (Wildman–Crippen LogP) is 2.79. The Labute approximate surface area is 162 Å². The monoisotopic (exact) mass is 453 g/mol. The number of nitrogens with one attached hydrogen (secondary N) is 1. The van der Waals surface area contributed by atoms with Crippen LogP contribution in [-0.4, -0.2) is 57.0 Å². The first kappa shape index (κ1) is 21.6. The quantitative estimate of drug-likeness (QED) is 0.389. The van der Waals surface area contributed by atoms with Gasteiger partial charge in [-0.05, 0) is 12.1 Å². The largest absolute Gasteiger partial charge is 0.491 e. The highest BCUT2D eigenvalue weighted by Crippen LogP contribution is 2.52. The van der Waals surface area contributed by atoms with E-state index in [1.807, 2.05) is 0 Å². The molecule has 1 aromatic carbocycles. The molecule has 0 atom stereocenters. The van der Waals surface area contributed by atoms with Crippen molar-refractivity contribution in [1.82, 2.24) is 5.32 Å². The molecule has 1 aromatic rings. The van der Waals surface area contributed by atoms with E-state index >= 15 is 0 Å². The number of nitrogens with zero attached hydrogens (tertiary/aromatic N) is 2. The third-order valence-corrected chi connectivity index (χ3v) is 4.00. The summed E-state index contributed by atoms with van der Waals surface area (Å²) in [7, 11) is 0. The average Bonchev–Trinajstić information content (AvgIpc) is 3.45. The fourth-order valence-corrected chi connectivity index (χ4v) is 2.29. The van der Waals surface area contributed by atoms with Crippen molar-refractivity contribution in [2.24, 2.45) is 10.2 Å². The number of ether oxygens (including phenoxy) is 3. The number of amides is 1. The summed E-state index contributed by atoms with van der Waals surface area (Å²) < 4.78 is 54.9. The van der Waals surface area contributed by atoms with E-state index in [1.165, 1.54) is 18.2 Å². The van der Waals surface area contributed by atoms with Crippen molar-refractivity contribution in [2.45, 2.75) is 11.8 Å². The van der Waals surface area contributed by atoms with Gasteiger partial charge < -0.3 is 19.5 Å². The normalized spacial score (nSPS) is 14.8. The number of rotatable bonds is 12. The lowest BCUT2D eigenvalue weighted by Crippen LogP contribution is -2.30. The lowest BCUT2D eigenvalue weighted by Gasteiger charge is -2.15. The second-order valence-corrected chi connectivity index (χ2v) is 6.02. The third kappa shape index (κ3) is 6.43. The summed E-state index contributed by atoms with van der Waals surface area (Å²) in [6.45, 7) is 1.93. The fraction of sp³-hybridized carbons (Fsp3) is 0.562. The van der Waals surface area contributed by atoms with Crippen LogP contribution in [0.1, 0.15) is 5.56 Å². The molecule has 1 aliphatic rings. The Hall–Kier alpha value is -1.72. The number of carbonyl (C=O) groups is 1. The van der Waals surface area contributed by atoms with E-state index < -0.39 is 11.8 Å². The number of hydrogen-bond donors (Lipinski definition) is 1. The molecule has 0 aromatic heterocycles. The van der Waals surface area contributed by atoms with Crippen molar-refractivity contribution < 1.29 is 32.2 Å². The molecule has 150 valence electrons. The molecule has 0 radical (unpaired) electrons. The number of alkyl halides is 4. The molecule has 0 bridgehead atoms. The SMILES string of the molecule is O=C(CBr)NCCOCCOCCOc1cccc(C2(C(F)(F)F)N=N2)c1. The number of carbonyl (C=O) groups excluding carboxylic acids is 1. The van der Waals surface area contributed by atoms with Crippen LogP contribution in [0, 0.1) is 0 Å². The Kier molecular flexibility index (Phi) is 7.99. The molecule has 1 amide bonds. The van der Waals surface area contributed by atoms with Gasteiger partial charge in [0, 0.05) is 12.1 Å². The first-order valence-electron chi connectivity index (χ1n) is 8.11. The Morgan fingerprint density at radius 2 is 1.78 bits per heavy atom. The zero-order valence-electron chi connectivity index (χ0n) is 14.3. The molecule has 1 N–H and O–H groups in total. The van der Waals surface area contributed by atoms with Crippen molar-refractivity contribution in [3.8, 4) is 5.75 Å². The summed E-state index contributed by atoms with van der Waals surface area (Å²) in [6.07, 6.45) is -4.56. The highest BCUT2D eigenvalue weighted by molar-refractivity contribution is 9.09. The molecule has 0 saturated heterocycles. The van der Waals surface area contributed by atoms with Crippen molar-refractivity contribution in [3.05, 3.63) is 29.8 Å². The maximum atomic E-state index is 13.0. The van der Waals surface area contributed by atoms with E-state index in [-0.39, 0.29) is 35.8 Å². The van der Waals surface area contributed by atoms with E-state index in [9.17, 15) is 18.0 Å². The molecule has 27 heavy (non-hydrogen) atoms. The number of halogens is 4. The van der Waals surface area contributed by atoms with E-state index in [0.717, 1.165) is 0 Å². The molecule has 0 aliphatic carbocycles. The zero-order chi connectivity index (χ0) is 19.8. The third-order valence-electron chi connectivity index (χ3n) is 3.49. The highest BCUT2D eigenvalue weighted by Gasteiger charge is 2.65. The van der Waals surface area contributed by atoms with Crippen molar-refractivity contribution >= 4 is 21.8 Å². The van der Waals surface area contributed by atoms with E-state index in [2.05, 4.69) is 31.5 Å². The first-order valence-corrected chi connectivity index (χ1v) is 9.23. The first-order chi connectivity index (χ1) is 12.9. The number of hydrogen-bond acceptors (Lipinski definition) is 6. The molecule has 7 nitrogen and oxygen atoms in total. The molecule has 2 rings (SSSR count). The van der Waals surface area contributed by atoms with Crippen LogP contribution in [0.2, 0.25) is 0 Å². The van der Waals surface area contributed by atoms with Crippen LogP contribution in [0.4, 0.5) is 13.2 Å². The minimum absolute atomic E-state index is 0.0752. The minimum Gasteiger partial charge on any atom is -0.491 e. The maximum absolute atomic E-state index is 13.0. The lowest BCUT2D eigenvalue weighted by molar-refractivity contribution is -0.166. The fourth-order valence-electron chi connectivity index (χ4n) is 2.10. The van der Waals surface area contributed by atoms with Gasteiger partial charge in [-0.1, -0.05) is 28.1 Å². The molecule has 0 saturated carbocycles. The van der Waals surface area contributed by atoms with E-state index in [4.69, 9.17) is 14.2 Å². The molecular weight excluding hydrogens is 435 g/mol. The van der Waals surface area contributed by atoms with Crippen LogP contribution < -0.4 is 10.1 Å². The molecule has 1 heterocycles. The summed E-state index contributed by atoms with van der Waals surface area (Å²) in [4.78, 5) is 10.9. The van der Waals surface area contributed by atoms with Gasteiger partial charge in [0.25, 0.3) is 0 Å². The topological polar surface area (TPSA) is 81.5 Å². The standard InChI is InChI=1S/C16H19BrF3N3O4/c17-11-14(24)21-4-5-25-6-7-26-8-9-27-13-3-1-2-12(10-13)15(22-23-15)16(18,19)20/h1-3,10H,4-9,11H2,(H,21,24). The summed E-state index contributed by atoms with van der Waals surface area (Å²) in [5, 5.41) is 9.21. The Morgan fingerprint density at radius 1 is 1.11 bits per heavy atom. The van der Waals surface area contributed by atoms with Crippen LogP contribution in [0.15, 0.2) is 34.5 Å². The predicted molar refractivity (Wildman–Crippen MR) is 93.0 cm³/mol. The van der Waals surface area contributed by atoms with Crippen molar-refractivity contribution in [3.63, 3.8) is 0 Å². The van der Waals surface area contributed by atoms with Gasteiger partial charge in [-0.15, -0.1) is 10.2 Å². The van der Waals surface area contributed by atoms with Crippen LogP contribution >= 0.6 is 15.9 Å². The zero-order valence-corrected chi connectivity index (χ0v) is 15.9. The number of benzene rings is 1. The maximum Gasteiger partial charge on any atom is 0.442 e. The summed E-state index contributed by atoms with van der Waals surface area (Å²) in [6, 6.07) is 5.61. The van der Waals surface area contributed by atoms with Gasteiger partial charge in [-0.2, -0.15) is 13.2 Å². The molecule has 11 heteroatoms. The van der Waals surface area contributed by atoms with Crippen LogP contribution in [0.5, 0.6) is 5.75 Å². The Bertz CT molecular complexity index is 652. The van der Waals surface area contributed by atoms with Crippen LogP contribution in [-0.2, 0) is 19.9 Å². The summed E-state index contributed by atoms with van der Waals surface area (Å²) in [5.41, 5.74) is -2.53. The lowest BCUT2D eigenvalue weighted by atomic mass is 10.0. The van der Waals surface area contributed by atoms with Gasteiger partial charge >= 0.3 is 11.8 Å². The smallest absolute Gasteiger partial charge is 0.442 e. The van der Waals surface area contributed by atoms with Gasteiger partial charge in [0.05, 0.1) is 31.8 Å². The van der Waals surface area contributed by atoms with Crippen LogP contribution in [0.3, 0.4) is 0 Å². The second kappa shape index (κ2) is 10.00. The van der Waals surface area contributed by atoms with Crippen molar-refractivity contribution in [2.75, 3.05) is 44.9 Å². The molecular formula is C16H19BrF3N3O4. The van der Waals surface area contributed by atoms with Gasteiger partial charge in [0.2, 0.25) is 5.91 Å². The van der Waals surface area contributed by atoms with Crippen LogP contribution in [0.25, 0.3) is 0 Å². The van der Waals surface area contributed by atoms with Gasteiger partial charge in [-0.25, -0.2) is 0 Å². The minimum atomic E-state index is -4.56. The molecule has 1 aliphatic heterocycles. The summed E-state index contributed by atoms with van der Waals surface area (Å²) in [5.74, 6) is 0.178. The van der Waals surface area contributed by atoms with E-state index in [0.29, 0.717) is 26.4 Å². The highest BCUT2D eigenvalue weighted by atomic mass is 79.9. The van der Waals surface area contributed by atoms with Gasteiger partial charge in [0.1, 0.15) is 12.4 Å². The van der Waals surface area contributed by atoms with E-state index in [1.54, 1.807) is 6.07 Å². The summed E-state index contributed by atoms with van der Waals surface area (Å²) >= 11 is 3.03. The average molecular weight is 454 g/mol. The second-order valence-electron chi connectivity index (χ2n) is 5.45. The van der Waals surface area contributed by atoms with Gasteiger partial charge in [-0.3, -0.25) is 4.79 Å². The Morgan fingerprint density at radius 3 is 2.41 bits per heavy atom.